The molecule has 23 heavy (non-hydrogen) atoms. The molecule has 1 rings (SSSR count). The molecule has 7 heteroatoms. The Balaban J connectivity index is 2.64. The van der Waals surface area contributed by atoms with Crippen molar-refractivity contribution >= 4 is 15.8 Å². The van der Waals surface area contributed by atoms with E-state index in [9.17, 15) is 8.42 Å². The summed E-state index contributed by atoms with van der Waals surface area (Å²) in [5, 5.41) is 3.35. The van der Waals surface area contributed by atoms with Gasteiger partial charge in [0, 0.05) is 45.5 Å². The third-order valence-corrected chi connectivity index (χ3v) is 5.07. The zero-order valence-electron chi connectivity index (χ0n) is 15.3. The second-order valence-electron chi connectivity index (χ2n) is 7.27. The molecule has 0 aliphatic carbocycles. The summed E-state index contributed by atoms with van der Waals surface area (Å²) in [5.41, 5.74) is -0.130. The van der Waals surface area contributed by atoms with Crippen LogP contribution in [0.4, 0.5) is 0 Å². The molecule has 1 aliphatic heterocycles. The Morgan fingerprint density at radius 1 is 1.43 bits per heavy atom. The Kier molecular flexibility index (Phi) is 7.80. The molecule has 0 saturated carbocycles. The minimum absolute atomic E-state index is 0.130. The first-order chi connectivity index (χ1) is 10.7. The molecule has 0 amide bonds. The number of likely N-dealkylation sites (tertiary alicyclic amines) is 1. The van der Waals surface area contributed by atoms with Gasteiger partial charge in [0.2, 0.25) is 0 Å². The quantitative estimate of drug-likeness (QED) is 0.531. The first kappa shape index (κ1) is 20.2. The van der Waals surface area contributed by atoms with E-state index in [1.165, 1.54) is 6.26 Å². The molecular formula is C16H33N3O3S. The molecule has 0 aromatic heterocycles. The maximum absolute atomic E-state index is 11.4. The molecule has 136 valence electrons. The van der Waals surface area contributed by atoms with Gasteiger partial charge in [-0.2, -0.15) is 0 Å². The minimum atomic E-state index is -2.92. The van der Waals surface area contributed by atoms with Gasteiger partial charge in [0.05, 0.1) is 12.4 Å². The van der Waals surface area contributed by atoms with Crippen LogP contribution in [0, 0.1) is 11.3 Å². The second-order valence-corrected chi connectivity index (χ2v) is 9.53. The molecule has 1 atom stereocenters. The van der Waals surface area contributed by atoms with E-state index in [4.69, 9.17) is 9.73 Å². The van der Waals surface area contributed by atoms with Crippen LogP contribution in [0.1, 0.15) is 33.6 Å². The first-order valence-electron chi connectivity index (χ1n) is 8.37. The second kappa shape index (κ2) is 8.87. The molecule has 0 radical (unpaired) electrons. The number of nitrogens with zero attached hydrogens (tertiary/aromatic N) is 2. The Morgan fingerprint density at radius 2 is 2.13 bits per heavy atom. The Labute approximate surface area is 141 Å². The summed E-state index contributed by atoms with van der Waals surface area (Å²) in [4.78, 5) is 7.04. The van der Waals surface area contributed by atoms with Crippen molar-refractivity contribution in [1.29, 1.82) is 0 Å². The van der Waals surface area contributed by atoms with Gasteiger partial charge in [0.25, 0.3) is 0 Å². The summed E-state index contributed by atoms with van der Waals surface area (Å²) in [6.07, 6.45) is 3.04. The van der Waals surface area contributed by atoms with E-state index in [0.29, 0.717) is 18.9 Å². The third kappa shape index (κ3) is 8.01. The van der Waals surface area contributed by atoms with Crippen LogP contribution in [-0.4, -0.2) is 71.2 Å². The lowest BCUT2D eigenvalue weighted by Gasteiger charge is -2.26. The van der Waals surface area contributed by atoms with E-state index < -0.39 is 9.84 Å². The maximum atomic E-state index is 11.4. The van der Waals surface area contributed by atoms with E-state index in [1.807, 2.05) is 0 Å². The highest BCUT2D eigenvalue weighted by atomic mass is 32.2. The first-order valence-corrected chi connectivity index (χ1v) is 10.4. The van der Waals surface area contributed by atoms with Crippen molar-refractivity contribution < 1.29 is 13.2 Å². The van der Waals surface area contributed by atoms with Crippen molar-refractivity contribution in [2.45, 2.75) is 33.6 Å². The molecule has 0 spiro atoms. The van der Waals surface area contributed by atoms with Crippen molar-refractivity contribution in [2.24, 2.45) is 16.3 Å². The lowest BCUT2D eigenvalue weighted by molar-refractivity contribution is 0.157. The lowest BCUT2D eigenvalue weighted by atomic mass is 9.90. The molecule has 1 aliphatic rings. The van der Waals surface area contributed by atoms with E-state index in [1.54, 1.807) is 7.11 Å². The molecule has 0 aromatic carbocycles. The number of hydrogen-bond donors (Lipinski definition) is 1. The topological polar surface area (TPSA) is 71.0 Å². The number of aliphatic imine (C=N–C) groups is 1. The number of ether oxygens (including phenoxy) is 1. The van der Waals surface area contributed by atoms with Crippen molar-refractivity contribution in [3.63, 3.8) is 0 Å². The molecule has 0 aromatic rings. The van der Waals surface area contributed by atoms with Crippen molar-refractivity contribution in [1.82, 2.24) is 10.2 Å². The summed E-state index contributed by atoms with van der Waals surface area (Å²) in [6, 6.07) is 0. The highest BCUT2D eigenvalue weighted by Gasteiger charge is 2.26. The van der Waals surface area contributed by atoms with Crippen LogP contribution in [0.5, 0.6) is 0 Å². The molecule has 1 N–H and O–H groups in total. The fraction of sp³-hybridized carbons (Fsp3) is 0.938. The summed E-state index contributed by atoms with van der Waals surface area (Å²) >= 11 is 0. The van der Waals surface area contributed by atoms with Gasteiger partial charge in [-0.1, -0.05) is 13.8 Å². The van der Waals surface area contributed by atoms with E-state index in [0.717, 1.165) is 38.6 Å². The SMILES string of the molecule is CCNC(=NCC(C)(C)CCS(C)(=O)=O)N1CCC(COC)C1. The average Bonchev–Trinajstić information content (AvgIpc) is 2.90. The molecule has 1 saturated heterocycles. The van der Waals surface area contributed by atoms with Gasteiger partial charge in [0.15, 0.2) is 5.96 Å². The van der Waals surface area contributed by atoms with Gasteiger partial charge in [-0.15, -0.1) is 0 Å². The number of hydrogen-bond acceptors (Lipinski definition) is 4. The molecule has 1 heterocycles. The Bertz CT molecular complexity index is 489. The van der Waals surface area contributed by atoms with E-state index in [2.05, 4.69) is 31.0 Å². The van der Waals surface area contributed by atoms with Crippen LogP contribution in [0.25, 0.3) is 0 Å². The maximum Gasteiger partial charge on any atom is 0.193 e. The lowest BCUT2D eigenvalue weighted by Crippen LogP contribution is -2.41. The molecule has 6 nitrogen and oxygen atoms in total. The van der Waals surface area contributed by atoms with Gasteiger partial charge in [0.1, 0.15) is 9.84 Å². The van der Waals surface area contributed by atoms with E-state index in [-0.39, 0.29) is 11.2 Å². The summed E-state index contributed by atoms with van der Waals surface area (Å²) < 4.78 is 28.0. The van der Waals surface area contributed by atoms with Crippen LogP contribution in [0.3, 0.4) is 0 Å². The van der Waals surface area contributed by atoms with Gasteiger partial charge in [-0.05, 0) is 25.2 Å². The van der Waals surface area contributed by atoms with Crippen LogP contribution in [0.2, 0.25) is 0 Å². The van der Waals surface area contributed by atoms with Gasteiger partial charge < -0.3 is 15.0 Å². The average molecular weight is 348 g/mol. The Hall–Kier alpha value is -0.820. The fourth-order valence-electron chi connectivity index (χ4n) is 2.65. The predicted octanol–water partition coefficient (Wildman–Crippen LogP) is 1.38. The van der Waals surface area contributed by atoms with Gasteiger partial charge >= 0.3 is 0 Å². The van der Waals surface area contributed by atoms with Crippen molar-refractivity contribution in [2.75, 3.05) is 51.9 Å². The van der Waals surface area contributed by atoms with E-state index >= 15 is 0 Å². The zero-order chi connectivity index (χ0) is 17.5. The summed E-state index contributed by atoms with van der Waals surface area (Å²) in [7, 11) is -1.18. The Morgan fingerprint density at radius 3 is 2.70 bits per heavy atom. The molecule has 1 unspecified atom stereocenters. The third-order valence-electron chi connectivity index (χ3n) is 4.13. The van der Waals surface area contributed by atoms with Crippen LogP contribution < -0.4 is 5.32 Å². The highest BCUT2D eigenvalue weighted by molar-refractivity contribution is 7.90. The summed E-state index contributed by atoms with van der Waals surface area (Å²) in [6.45, 7) is 10.4. The minimum Gasteiger partial charge on any atom is -0.384 e. The van der Waals surface area contributed by atoms with Crippen molar-refractivity contribution in [3.05, 3.63) is 0 Å². The normalized spacial score (nSPS) is 20.1. The zero-order valence-corrected chi connectivity index (χ0v) is 16.1. The predicted molar refractivity (Wildman–Crippen MR) is 95.6 cm³/mol. The number of rotatable bonds is 8. The smallest absolute Gasteiger partial charge is 0.193 e. The summed E-state index contributed by atoms with van der Waals surface area (Å²) in [5.74, 6) is 1.70. The van der Waals surface area contributed by atoms with Crippen LogP contribution >= 0.6 is 0 Å². The number of methoxy groups -OCH3 is 1. The number of nitrogens with one attached hydrogen (secondary N) is 1. The standard InChI is InChI=1S/C16H33N3O3S/c1-6-17-15(19-9-7-14(11-19)12-22-4)18-13-16(2,3)8-10-23(5,20)21/h14H,6-13H2,1-5H3,(H,17,18). The monoisotopic (exact) mass is 347 g/mol. The van der Waals surface area contributed by atoms with Crippen molar-refractivity contribution in [3.8, 4) is 0 Å². The van der Waals surface area contributed by atoms with Crippen LogP contribution in [0.15, 0.2) is 4.99 Å². The largest absolute Gasteiger partial charge is 0.384 e. The van der Waals surface area contributed by atoms with Crippen LogP contribution in [-0.2, 0) is 14.6 Å². The van der Waals surface area contributed by atoms with Gasteiger partial charge in [-0.25, -0.2) is 8.42 Å². The molecule has 0 bridgehead atoms. The fourth-order valence-corrected chi connectivity index (χ4v) is 3.58. The van der Waals surface area contributed by atoms with Gasteiger partial charge in [-0.3, -0.25) is 4.99 Å². The molecule has 1 fully saturated rings. The number of guanidine groups is 1. The molecular weight excluding hydrogens is 314 g/mol. The highest BCUT2D eigenvalue weighted by Crippen LogP contribution is 2.22. The number of sulfone groups is 1.